The zero-order valence-corrected chi connectivity index (χ0v) is 12.0. The Hall–Kier alpha value is -2.54. The highest BCUT2D eigenvalue weighted by atomic mass is 32.1. The maximum atomic E-state index is 12.5. The van der Waals surface area contributed by atoms with Crippen LogP contribution in [0.1, 0.15) is 11.4 Å². The Morgan fingerprint density at radius 1 is 1.33 bits per heavy atom. The lowest BCUT2D eigenvalue weighted by atomic mass is 10.2. The van der Waals surface area contributed by atoms with Crippen LogP contribution in [0.2, 0.25) is 0 Å². The SMILES string of the molecule is Cc1nc2c([N+](=O)[O-])csc2c(=O)n1Cc1ccccc1. The molecule has 0 saturated heterocycles. The summed E-state index contributed by atoms with van der Waals surface area (Å²) in [6.45, 7) is 2.09. The number of nitro groups is 1. The van der Waals surface area contributed by atoms with E-state index in [1.165, 1.54) is 9.95 Å². The van der Waals surface area contributed by atoms with Gasteiger partial charge in [-0.3, -0.25) is 19.5 Å². The number of aromatic nitrogens is 2. The topological polar surface area (TPSA) is 78.0 Å². The van der Waals surface area contributed by atoms with Gasteiger partial charge in [0, 0.05) is 0 Å². The number of fused-ring (bicyclic) bond motifs is 1. The van der Waals surface area contributed by atoms with Gasteiger partial charge in [-0.25, -0.2) is 4.98 Å². The molecule has 0 amide bonds. The molecule has 0 atom stereocenters. The molecule has 3 rings (SSSR count). The molecule has 0 radical (unpaired) electrons. The molecular weight excluding hydrogens is 290 g/mol. The van der Waals surface area contributed by atoms with Crippen molar-refractivity contribution in [3.8, 4) is 0 Å². The molecule has 0 aliphatic carbocycles. The van der Waals surface area contributed by atoms with Crippen molar-refractivity contribution in [2.24, 2.45) is 0 Å². The van der Waals surface area contributed by atoms with Crippen molar-refractivity contribution >= 4 is 27.2 Å². The second-order valence-electron chi connectivity index (χ2n) is 4.59. The van der Waals surface area contributed by atoms with Crippen LogP contribution in [0.15, 0.2) is 40.5 Å². The van der Waals surface area contributed by atoms with Gasteiger partial charge < -0.3 is 0 Å². The molecule has 0 unspecified atom stereocenters. The lowest BCUT2D eigenvalue weighted by Crippen LogP contribution is -2.23. The summed E-state index contributed by atoms with van der Waals surface area (Å²) in [5, 5.41) is 12.3. The molecule has 6 nitrogen and oxygen atoms in total. The fraction of sp³-hybridized carbons (Fsp3) is 0.143. The average molecular weight is 301 g/mol. The highest BCUT2D eigenvalue weighted by molar-refractivity contribution is 7.17. The summed E-state index contributed by atoms with van der Waals surface area (Å²) in [4.78, 5) is 27.2. The summed E-state index contributed by atoms with van der Waals surface area (Å²) in [6, 6.07) is 9.55. The van der Waals surface area contributed by atoms with Crippen molar-refractivity contribution in [1.29, 1.82) is 0 Å². The summed E-state index contributed by atoms with van der Waals surface area (Å²) < 4.78 is 1.86. The van der Waals surface area contributed by atoms with Crippen molar-refractivity contribution in [3.05, 3.63) is 67.6 Å². The van der Waals surface area contributed by atoms with E-state index in [0.29, 0.717) is 17.1 Å². The first-order chi connectivity index (χ1) is 10.1. The van der Waals surface area contributed by atoms with Gasteiger partial charge in [0.2, 0.25) is 0 Å². The Labute approximate surface area is 123 Å². The standard InChI is InChI=1S/C14H11N3O3S/c1-9-15-12-11(17(19)20)8-21-13(12)14(18)16(9)7-10-5-3-2-4-6-10/h2-6,8H,7H2,1H3. The van der Waals surface area contributed by atoms with E-state index in [2.05, 4.69) is 4.98 Å². The van der Waals surface area contributed by atoms with Crippen LogP contribution in [0.25, 0.3) is 10.2 Å². The Balaban J connectivity index is 2.17. The molecule has 106 valence electrons. The minimum absolute atomic E-state index is 0.109. The quantitative estimate of drug-likeness (QED) is 0.550. The Morgan fingerprint density at radius 2 is 2.05 bits per heavy atom. The van der Waals surface area contributed by atoms with Gasteiger partial charge in [0.15, 0.2) is 5.52 Å². The van der Waals surface area contributed by atoms with Crippen molar-refractivity contribution in [2.45, 2.75) is 13.5 Å². The van der Waals surface area contributed by atoms with Gasteiger partial charge in [0.05, 0.1) is 16.8 Å². The first-order valence-electron chi connectivity index (χ1n) is 6.25. The number of benzene rings is 1. The molecular formula is C14H11N3O3S. The van der Waals surface area contributed by atoms with Gasteiger partial charge in [0.1, 0.15) is 10.5 Å². The van der Waals surface area contributed by atoms with Crippen molar-refractivity contribution in [1.82, 2.24) is 9.55 Å². The monoisotopic (exact) mass is 301 g/mol. The van der Waals surface area contributed by atoms with Crippen molar-refractivity contribution < 1.29 is 4.92 Å². The summed E-state index contributed by atoms with van der Waals surface area (Å²) >= 11 is 1.06. The molecule has 3 aromatic rings. The number of aryl methyl sites for hydroxylation is 1. The number of hydrogen-bond acceptors (Lipinski definition) is 5. The zero-order chi connectivity index (χ0) is 15.0. The lowest BCUT2D eigenvalue weighted by molar-refractivity contribution is -0.382. The third-order valence-corrected chi connectivity index (χ3v) is 4.17. The number of hydrogen-bond donors (Lipinski definition) is 0. The van der Waals surface area contributed by atoms with Crippen LogP contribution >= 0.6 is 11.3 Å². The summed E-state index contributed by atoms with van der Waals surface area (Å²) in [5.74, 6) is 0.470. The molecule has 0 spiro atoms. The van der Waals surface area contributed by atoms with E-state index in [1.54, 1.807) is 6.92 Å². The Kier molecular flexibility index (Phi) is 3.26. The van der Waals surface area contributed by atoms with Gasteiger partial charge in [0.25, 0.3) is 5.56 Å². The molecule has 2 aromatic heterocycles. The smallest absolute Gasteiger partial charge is 0.291 e. The minimum atomic E-state index is -0.508. The van der Waals surface area contributed by atoms with Crippen molar-refractivity contribution in [3.63, 3.8) is 0 Å². The normalized spacial score (nSPS) is 10.9. The lowest BCUT2D eigenvalue weighted by Gasteiger charge is -2.09. The third-order valence-electron chi connectivity index (χ3n) is 3.23. The van der Waals surface area contributed by atoms with Crippen LogP contribution in [-0.2, 0) is 6.54 Å². The number of thiophene rings is 1. The Bertz CT molecular complexity index is 884. The second-order valence-corrected chi connectivity index (χ2v) is 5.47. The first kappa shape index (κ1) is 13.4. The molecule has 0 bridgehead atoms. The van der Waals surface area contributed by atoms with E-state index < -0.39 is 4.92 Å². The van der Waals surface area contributed by atoms with E-state index in [-0.39, 0.29) is 16.8 Å². The van der Waals surface area contributed by atoms with Gasteiger partial charge in [-0.05, 0) is 12.5 Å². The van der Waals surface area contributed by atoms with Crippen LogP contribution in [0, 0.1) is 17.0 Å². The molecule has 2 heterocycles. The highest BCUT2D eigenvalue weighted by Crippen LogP contribution is 2.28. The van der Waals surface area contributed by atoms with Crippen LogP contribution in [0.4, 0.5) is 5.69 Å². The summed E-state index contributed by atoms with van der Waals surface area (Å²) in [5.41, 5.74) is 0.813. The van der Waals surface area contributed by atoms with Gasteiger partial charge in [-0.2, -0.15) is 0 Å². The van der Waals surface area contributed by atoms with E-state index in [9.17, 15) is 14.9 Å². The number of nitrogens with zero attached hydrogens (tertiary/aromatic N) is 3. The van der Waals surface area contributed by atoms with Gasteiger partial charge in [-0.15, -0.1) is 11.3 Å². The first-order valence-corrected chi connectivity index (χ1v) is 7.13. The molecule has 0 aliphatic heterocycles. The predicted octanol–water partition coefficient (Wildman–Crippen LogP) is 2.72. The molecule has 1 aromatic carbocycles. The molecule has 21 heavy (non-hydrogen) atoms. The van der Waals surface area contributed by atoms with Crippen LogP contribution in [0.3, 0.4) is 0 Å². The largest absolute Gasteiger partial charge is 0.306 e. The zero-order valence-electron chi connectivity index (χ0n) is 11.1. The molecule has 0 saturated carbocycles. The highest BCUT2D eigenvalue weighted by Gasteiger charge is 2.20. The fourth-order valence-electron chi connectivity index (χ4n) is 2.18. The van der Waals surface area contributed by atoms with Crippen molar-refractivity contribution in [2.75, 3.05) is 0 Å². The predicted molar refractivity (Wildman–Crippen MR) is 80.8 cm³/mol. The van der Waals surface area contributed by atoms with Crippen LogP contribution in [-0.4, -0.2) is 14.5 Å². The molecule has 0 N–H and O–H groups in total. The summed E-state index contributed by atoms with van der Waals surface area (Å²) in [6.07, 6.45) is 0. The second kappa shape index (κ2) is 5.10. The van der Waals surface area contributed by atoms with E-state index >= 15 is 0 Å². The minimum Gasteiger partial charge on any atom is -0.291 e. The van der Waals surface area contributed by atoms with E-state index in [4.69, 9.17) is 0 Å². The molecule has 0 aliphatic rings. The van der Waals surface area contributed by atoms with E-state index in [0.717, 1.165) is 16.9 Å². The Morgan fingerprint density at radius 3 is 2.71 bits per heavy atom. The number of rotatable bonds is 3. The maximum Gasteiger partial charge on any atom is 0.306 e. The van der Waals surface area contributed by atoms with Crippen LogP contribution < -0.4 is 5.56 Å². The molecule has 0 fully saturated rings. The van der Waals surface area contributed by atoms with Gasteiger partial charge in [-0.1, -0.05) is 30.3 Å². The van der Waals surface area contributed by atoms with Crippen LogP contribution in [0.5, 0.6) is 0 Å². The fourth-order valence-corrected chi connectivity index (χ4v) is 3.08. The summed E-state index contributed by atoms with van der Waals surface area (Å²) in [7, 11) is 0. The third kappa shape index (κ3) is 2.31. The maximum absolute atomic E-state index is 12.5. The average Bonchev–Trinajstić information content (AvgIpc) is 2.88. The molecule has 7 heteroatoms. The van der Waals surface area contributed by atoms with Gasteiger partial charge >= 0.3 is 5.69 Å². The van der Waals surface area contributed by atoms with E-state index in [1.807, 2.05) is 30.3 Å².